The van der Waals surface area contributed by atoms with Crippen LogP contribution in [0.3, 0.4) is 0 Å². The van der Waals surface area contributed by atoms with Gasteiger partial charge in [0.2, 0.25) is 0 Å². The number of halogens is 1. The molecule has 0 radical (unpaired) electrons. The molecule has 3 N–H and O–H groups in total. The summed E-state index contributed by atoms with van der Waals surface area (Å²) in [5.41, 5.74) is 6.53. The third kappa shape index (κ3) is 2.95. The lowest BCUT2D eigenvalue weighted by Crippen LogP contribution is -2.41. The lowest BCUT2D eigenvalue weighted by Gasteiger charge is -2.27. The molecule has 0 spiro atoms. The predicted molar refractivity (Wildman–Crippen MR) is 108 cm³/mol. The molecule has 0 fully saturated rings. The largest absolute Gasteiger partial charge is 0.507 e. The Morgan fingerprint density at radius 1 is 1.13 bits per heavy atom. The van der Waals surface area contributed by atoms with Crippen LogP contribution >= 0.6 is 0 Å². The Labute approximate surface area is 172 Å². The van der Waals surface area contributed by atoms with Crippen molar-refractivity contribution in [1.29, 1.82) is 0 Å². The Hall–Kier alpha value is -3.88. The monoisotopic (exact) mass is 406 g/mol. The SMILES string of the molecule is Cc1ncc(-c2cc(C3(c4ccnc(CF)c4)N=C(N)N(C)C3=O)ccc2O)cn1. The minimum Gasteiger partial charge on any atom is -0.507 e. The van der Waals surface area contributed by atoms with Crippen molar-refractivity contribution >= 4 is 11.9 Å². The number of carbonyl (C=O) groups excluding carboxylic acids is 1. The van der Waals surface area contributed by atoms with Gasteiger partial charge in [-0.3, -0.25) is 14.7 Å². The van der Waals surface area contributed by atoms with Crippen LogP contribution in [0.25, 0.3) is 11.1 Å². The number of carbonyl (C=O) groups is 1. The van der Waals surface area contributed by atoms with Crippen molar-refractivity contribution in [3.8, 4) is 16.9 Å². The van der Waals surface area contributed by atoms with Gasteiger partial charge in [-0.05, 0) is 42.3 Å². The molecule has 8 nitrogen and oxygen atoms in total. The number of pyridine rings is 1. The number of nitrogens with zero attached hydrogens (tertiary/aromatic N) is 5. The van der Waals surface area contributed by atoms with Crippen molar-refractivity contribution in [3.05, 3.63) is 71.6 Å². The summed E-state index contributed by atoms with van der Waals surface area (Å²) in [6.45, 7) is 0.972. The molecule has 3 aromatic rings. The number of phenols is 1. The van der Waals surface area contributed by atoms with Crippen LogP contribution in [0, 0.1) is 6.92 Å². The van der Waals surface area contributed by atoms with E-state index in [4.69, 9.17) is 5.73 Å². The van der Waals surface area contributed by atoms with Crippen LogP contribution in [0.1, 0.15) is 22.6 Å². The van der Waals surface area contributed by atoms with Crippen LogP contribution < -0.4 is 5.73 Å². The van der Waals surface area contributed by atoms with E-state index in [9.17, 15) is 14.3 Å². The van der Waals surface area contributed by atoms with Gasteiger partial charge in [-0.1, -0.05) is 6.07 Å². The summed E-state index contributed by atoms with van der Waals surface area (Å²) in [7, 11) is 1.52. The fourth-order valence-electron chi connectivity index (χ4n) is 3.48. The fraction of sp³-hybridized carbons (Fsp3) is 0.190. The minimum atomic E-state index is -1.53. The van der Waals surface area contributed by atoms with Gasteiger partial charge in [0.25, 0.3) is 5.91 Å². The van der Waals surface area contributed by atoms with Crippen molar-refractivity contribution in [2.24, 2.45) is 10.7 Å². The van der Waals surface area contributed by atoms with Gasteiger partial charge < -0.3 is 10.8 Å². The Morgan fingerprint density at radius 2 is 1.83 bits per heavy atom. The molecule has 1 atom stereocenters. The maximum absolute atomic E-state index is 13.3. The van der Waals surface area contributed by atoms with E-state index in [1.807, 2.05) is 0 Å². The van der Waals surface area contributed by atoms with Crippen molar-refractivity contribution in [2.75, 3.05) is 7.05 Å². The van der Waals surface area contributed by atoms with Gasteiger partial charge in [-0.15, -0.1) is 0 Å². The van der Waals surface area contributed by atoms with Crippen molar-refractivity contribution < 1.29 is 14.3 Å². The Balaban J connectivity index is 1.96. The molecule has 3 heterocycles. The van der Waals surface area contributed by atoms with Crippen LogP contribution in [0.5, 0.6) is 5.75 Å². The highest BCUT2D eigenvalue weighted by Gasteiger charge is 2.49. The van der Waals surface area contributed by atoms with E-state index in [1.165, 1.54) is 30.3 Å². The third-order valence-corrected chi connectivity index (χ3v) is 5.12. The first kappa shape index (κ1) is 19.4. The summed E-state index contributed by atoms with van der Waals surface area (Å²) in [5, 5.41) is 10.4. The number of aliphatic imine (C=N–C) groups is 1. The van der Waals surface area contributed by atoms with Crippen molar-refractivity contribution in [1.82, 2.24) is 19.9 Å². The van der Waals surface area contributed by atoms with Gasteiger partial charge in [0.15, 0.2) is 11.5 Å². The van der Waals surface area contributed by atoms with Crippen LogP contribution in [-0.4, -0.2) is 43.9 Å². The zero-order valence-electron chi connectivity index (χ0n) is 16.4. The summed E-state index contributed by atoms with van der Waals surface area (Å²) in [6.07, 6.45) is 4.60. The molecular weight excluding hydrogens is 387 g/mol. The molecule has 1 aliphatic rings. The topological polar surface area (TPSA) is 118 Å². The molecule has 0 saturated carbocycles. The van der Waals surface area contributed by atoms with Crippen LogP contribution in [0.2, 0.25) is 0 Å². The maximum atomic E-state index is 13.3. The number of alkyl halides is 1. The summed E-state index contributed by atoms with van der Waals surface area (Å²) < 4.78 is 13.3. The molecule has 1 unspecified atom stereocenters. The van der Waals surface area contributed by atoms with Crippen molar-refractivity contribution in [3.63, 3.8) is 0 Å². The Kier molecular flexibility index (Phi) is 4.65. The minimum absolute atomic E-state index is 0.00344. The highest BCUT2D eigenvalue weighted by Crippen LogP contribution is 2.42. The second kappa shape index (κ2) is 7.18. The number of guanidine groups is 1. The molecule has 0 aliphatic carbocycles. The molecule has 0 bridgehead atoms. The highest BCUT2D eigenvalue weighted by atomic mass is 19.1. The van der Waals surface area contributed by atoms with Gasteiger partial charge in [0, 0.05) is 36.8 Å². The molecule has 2 aromatic heterocycles. The summed E-state index contributed by atoms with van der Waals surface area (Å²) in [4.78, 5) is 31.4. The Morgan fingerprint density at radius 3 is 2.47 bits per heavy atom. The average Bonchev–Trinajstić information content (AvgIpc) is 2.99. The first-order chi connectivity index (χ1) is 14.4. The number of benzene rings is 1. The number of aryl methyl sites for hydroxylation is 1. The van der Waals surface area contributed by atoms with E-state index in [1.54, 1.807) is 37.5 Å². The maximum Gasteiger partial charge on any atom is 0.266 e. The quantitative estimate of drug-likeness (QED) is 0.685. The lowest BCUT2D eigenvalue weighted by atomic mass is 9.81. The number of likely N-dealkylation sites (N-methyl/N-ethyl adjacent to an activating group) is 1. The number of aromatic hydroxyl groups is 1. The lowest BCUT2D eigenvalue weighted by molar-refractivity contribution is -0.129. The van der Waals surface area contributed by atoms with Crippen LogP contribution in [0.4, 0.5) is 4.39 Å². The molecule has 30 heavy (non-hydrogen) atoms. The second-order valence-corrected chi connectivity index (χ2v) is 6.96. The third-order valence-electron chi connectivity index (χ3n) is 5.12. The molecular formula is C21H19FN6O2. The highest BCUT2D eigenvalue weighted by molar-refractivity contribution is 6.09. The van der Waals surface area contributed by atoms with E-state index in [-0.39, 0.29) is 17.4 Å². The predicted octanol–water partition coefficient (Wildman–Crippen LogP) is 2.05. The second-order valence-electron chi connectivity index (χ2n) is 6.96. The normalized spacial score (nSPS) is 18.6. The summed E-state index contributed by atoms with van der Waals surface area (Å²) >= 11 is 0. The molecule has 152 valence electrons. The van der Waals surface area contributed by atoms with Gasteiger partial charge >= 0.3 is 0 Å². The Bertz CT molecular complexity index is 1160. The number of hydrogen-bond acceptors (Lipinski definition) is 7. The first-order valence-corrected chi connectivity index (χ1v) is 9.14. The van der Waals surface area contributed by atoms with E-state index >= 15 is 0 Å². The van der Waals surface area contributed by atoms with Crippen LogP contribution in [0.15, 0.2) is 53.9 Å². The van der Waals surface area contributed by atoms with E-state index in [0.717, 1.165) is 0 Å². The fourth-order valence-corrected chi connectivity index (χ4v) is 3.48. The van der Waals surface area contributed by atoms with Gasteiger partial charge in [-0.25, -0.2) is 19.4 Å². The molecule has 1 aromatic carbocycles. The zero-order chi connectivity index (χ0) is 21.5. The number of aromatic nitrogens is 3. The summed E-state index contributed by atoms with van der Waals surface area (Å²) in [5.74, 6) is 0.224. The molecule has 1 amide bonds. The van der Waals surface area contributed by atoms with E-state index in [0.29, 0.717) is 28.1 Å². The molecule has 9 heteroatoms. The number of nitrogens with two attached hydrogens (primary N) is 1. The van der Waals surface area contributed by atoms with Gasteiger partial charge in [0.05, 0.1) is 5.69 Å². The number of phenolic OH excluding ortho intramolecular Hbond substituents is 1. The molecule has 1 aliphatic heterocycles. The smallest absolute Gasteiger partial charge is 0.266 e. The number of hydrogen-bond donors (Lipinski definition) is 2. The van der Waals surface area contributed by atoms with Gasteiger partial charge in [0.1, 0.15) is 18.2 Å². The number of amides is 1. The van der Waals surface area contributed by atoms with Crippen molar-refractivity contribution in [2.45, 2.75) is 19.1 Å². The standard InChI is InChI=1S/C21H19FN6O2/c1-12-25-10-13(11-26-12)17-8-14(3-4-18(17)29)21(19(30)28(2)20(23)27-21)15-5-6-24-16(7-15)9-22/h3-8,10-11,29H,9H2,1-2H3,(H2,23,27). The van der Waals surface area contributed by atoms with Crippen LogP contribution in [-0.2, 0) is 17.0 Å². The van der Waals surface area contributed by atoms with E-state index < -0.39 is 18.1 Å². The zero-order valence-corrected chi connectivity index (χ0v) is 16.4. The first-order valence-electron chi connectivity index (χ1n) is 9.14. The molecule has 4 rings (SSSR count). The molecule has 0 saturated heterocycles. The summed E-state index contributed by atoms with van der Waals surface area (Å²) in [6, 6.07) is 7.81. The van der Waals surface area contributed by atoms with E-state index in [2.05, 4.69) is 19.9 Å². The van der Waals surface area contributed by atoms with Gasteiger partial charge in [-0.2, -0.15) is 0 Å². The average molecular weight is 406 g/mol. The number of rotatable bonds is 4.